The van der Waals surface area contributed by atoms with Crippen LogP contribution in [0.5, 0.6) is 0 Å². The lowest BCUT2D eigenvalue weighted by Crippen LogP contribution is -2.43. The van der Waals surface area contributed by atoms with Crippen molar-refractivity contribution in [2.45, 2.75) is 65.8 Å². The van der Waals surface area contributed by atoms with Crippen molar-refractivity contribution in [2.75, 3.05) is 0 Å². The predicted octanol–water partition coefficient (Wildman–Crippen LogP) is 4.37. The van der Waals surface area contributed by atoms with Crippen molar-refractivity contribution in [1.82, 2.24) is 0 Å². The summed E-state index contributed by atoms with van der Waals surface area (Å²) in [7, 11) is -1.72. The van der Waals surface area contributed by atoms with Crippen LogP contribution in [0.3, 0.4) is 0 Å². The van der Waals surface area contributed by atoms with Gasteiger partial charge in [0.25, 0.3) is 0 Å². The molecule has 0 fully saturated rings. The zero-order valence-corrected chi connectivity index (χ0v) is 13.1. The van der Waals surface area contributed by atoms with Crippen molar-refractivity contribution >= 4 is 8.32 Å². The molecule has 0 N–H and O–H groups in total. The molecule has 92 valence electrons. The SMILES string of the molecule is CC#CC(C=C(C)C)O[Si](C)(C)C(C)(C)C. The van der Waals surface area contributed by atoms with Gasteiger partial charge in [0.15, 0.2) is 8.32 Å². The van der Waals surface area contributed by atoms with Crippen molar-refractivity contribution in [2.24, 2.45) is 0 Å². The number of allylic oxidation sites excluding steroid dienone is 1. The Kier molecular flexibility index (Phi) is 5.51. The lowest BCUT2D eigenvalue weighted by Gasteiger charge is -2.37. The lowest BCUT2D eigenvalue weighted by atomic mass is 10.2. The molecule has 0 aromatic carbocycles. The molecule has 1 nitrogen and oxygen atoms in total. The molecule has 0 bridgehead atoms. The second kappa shape index (κ2) is 5.70. The third-order valence-corrected chi connectivity index (χ3v) is 7.45. The van der Waals surface area contributed by atoms with Gasteiger partial charge >= 0.3 is 0 Å². The van der Waals surface area contributed by atoms with E-state index in [1.165, 1.54) is 5.57 Å². The Hall–Kier alpha value is -0.523. The van der Waals surface area contributed by atoms with E-state index in [1.54, 1.807) is 0 Å². The van der Waals surface area contributed by atoms with E-state index >= 15 is 0 Å². The van der Waals surface area contributed by atoms with Crippen LogP contribution in [-0.2, 0) is 4.43 Å². The molecule has 0 saturated carbocycles. The molecule has 16 heavy (non-hydrogen) atoms. The Bertz CT molecular complexity index is 306. The maximum absolute atomic E-state index is 6.24. The van der Waals surface area contributed by atoms with Gasteiger partial charge in [-0.05, 0) is 45.0 Å². The smallest absolute Gasteiger partial charge is 0.194 e. The van der Waals surface area contributed by atoms with Gasteiger partial charge in [0.1, 0.15) is 6.10 Å². The highest BCUT2D eigenvalue weighted by atomic mass is 28.4. The maximum atomic E-state index is 6.24. The van der Waals surface area contributed by atoms with E-state index in [4.69, 9.17) is 4.43 Å². The largest absolute Gasteiger partial charge is 0.400 e. The first-order chi connectivity index (χ1) is 7.10. The van der Waals surface area contributed by atoms with E-state index in [2.05, 4.69) is 65.6 Å². The zero-order valence-electron chi connectivity index (χ0n) is 12.1. The van der Waals surface area contributed by atoms with Crippen molar-refractivity contribution in [1.29, 1.82) is 0 Å². The molecular formula is C14H26OSi. The van der Waals surface area contributed by atoms with Gasteiger partial charge in [-0.2, -0.15) is 0 Å². The van der Waals surface area contributed by atoms with Crippen LogP contribution in [0.25, 0.3) is 0 Å². The highest BCUT2D eigenvalue weighted by Gasteiger charge is 2.38. The standard InChI is InChI=1S/C14H26OSi/c1-9-10-13(11-12(2)3)15-16(7,8)14(4,5)6/h11,13H,1-8H3. The summed E-state index contributed by atoms with van der Waals surface area (Å²) < 4.78 is 6.24. The van der Waals surface area contributed by atoms with E-state index in [1.807, 2.05) is 6.92 Å². The van der Waals surface area contributed by atoms with Crippen LogP contribution in [-0.4, -0.2) is 14.4 Å². The summed E-state index contributed by atoms with van der Waals surface area (Å²) in [4.78, 5) is 0. The predicted molar refractivity (Wildman–Crippen MR) is 75.0 cm³/mol. The molecule has 1 atom stereocenters. The Morgan fingerprint density at radius 2 is 1.75 bits per heavy atom. The van der Waals surface area contributed by atoms with E-state index in [-0.39, 0.29) is 11.1 Å². The molecule has 0 aliphatic carbocycles. The first kappa shape index (κ1) is 15.5. The summed E-state index contributed by atoms with van der Waals surface area (Å²) in [6.07, 6.45) is 2.06. The van der Waals surface area contributed by atoms with Gasteiger partial charge in [0.05, 0.1) is 0 Å². The van der Waals surface area contributed by atoms with Crippen LogP contribution in [0.2, 0.25) is 18.1 Å². The van der Waals surface area contributed by atoms with Crippen LogP contribution in [0.15, 0.2) is 11.6 Å². The van der Waals surface area contributed by atoms with Gasteiger partial charge in [0, 0.05) is 0 Å². The molecular weight excluding hydrogens is 212 g/mol. The van der Waals surface area contributed by atoms with Crippen molar-refractivity contribution < 1.29 is 4.43 Å². The fourth-order valence-corrected chi connectivity index (χ4v) is 2.16. The fourth-order valence-electron chi connectivity index (χ4n) is 1.04. The van der Waals surface area contributed by atoms with Gasteiger partial charge in [0.2, 0.25) is 0 Å². The Labute approximate surface area is 102 Å². The third kappa shape index (κ3) is 5.00. The van der Waals surface area contributed by atoms with Crippen LogP contribution < -0.4 is 0 Å². The average molecular weight is 238 g/mol. The molecule has 0 spiro atoms. The molecule has 0 radical (unpaired) electrons. The Balaban J connectivity index is 4.88. The third-order valence-electron chi connectivity index (χ3n) is 3.00. The minimum Gasteiger partial charge on any atom is -0.400 e. The first-order valence-corrected chi connectivity index (χ1v) is 8.76. The van der Waals surface area contributed by atoms with Crippen LogP contribution >= 0.6 is 0 Å². The molecule has 0 aliphatic heterocycles. The molecule has 0 rings (SSSR count). The quantitative estimate of drug-likeness (QED) is 0.403. The Morgan fingerprint density at radius 1 is 1.25 bits per heavy atom. The van der Waals surface area contributed by atoms with Crippen molar-refractivity contribution in [3.63, 3.8) is 0 Å². The number of hydrogen-bond acceptors (Lipinski definition) is 1. The molecule has 1 unspecified atom stereocenters. The van der Waals surface area contributed by atoms with Gasteiger partial charge in [-0.25, -0.2) is 0 Å². The molecule has 0 saturated heterocycles. The van der Waals surface area contributed by atoms with Gasteiger partial charge in [-0.15, -0.1) is 5.92 Å². The van der Waals surface area contributed by atoms with Crippen LogP contribution in [0.1, 0.15) is 41.5 Å². The summed E-state index contributed by atoms with van der Waals surface area (Å²) in [5, 5.41) is 0.232. The summed E-state index contributed by atoms with van der Waals surface area (Å²) >= 11 is 0. The topological polar surface area (TPSA) is 9.23 Å². The van der Waals surface area contributed by atoms with Gasteiger partial charge in [-0.1, -0.05) is 32.3 Å². The summed E-state index contributed by atoms with van der Waals surface area (Å²) in [6.45, 7) is 17.3. The molecule has 0 aliphatic rings. The van der Waals surface area contributed by atoms with Crippen LogP contribution in [0, 0.1) is 11.8 Å². The summed E-state index contributed by atoms with van der Waals surface area (Å²) in [6, 6.07) is 0. The number of hydrogen-bond donors (Lipinski definition) is 0. The van der Waals surface area contributed by atoms with Gasteiger partial charge in [-0.3, -0.25) is 0 Å². The minimum absolute atomic E-state index is 0.0455. The van der Waals surface area contributed by atoms with E-state index < -0.39 is 8.32 Å². The minimum atomic E-state index is -1.72. The fraction of sp³-hybridized carbons (Fsp3) is 0.714. The summed E-state index contributed by atoms with van der Waals surface area (Å²) in [5.74, 6) is 6.08. The van der Waals surface area contributed by atoms with E-state index in [0.717, 1.165) is 0 Å². The average Bonchev–Trinajstić information content (AvgIpc) is 1.99. The second-order valence-corrected chi connectivity index (χ2v) is 10.7. The normalized spacial score (nSPS) is 13.8. The molecule has 2 heteroatoms. The first-order valence-electron chi connectivity index (χ1n) is 5.85. The Morgan fingerprint density at radius 3 is 2.06 bits per heavy atom. The highest BCUT2D eigenvalue weighted by Crippen LogP contribution is 2.37. The summed E-state index contributed by atoms with van der Waals surface area (Å²) in [5.41, 5.74) is 1.26. The molecule has 0 aromatic rings. The van der Waals surface area contributed by atoms with E-state index in [9.17, 15) is 0 Å². The highest BCUT2D eigenvalue weighted by molar-refractivity contribution is 6.74. The monoisotopic (exact) mass is 238 g/mol. The maximum Gasteiger partial charge on any atom is 0.194 e. The van der Waals surface area contributed by atoms with Crippen molar-refractivity contribution in [3.8, 4) is 11.8 Å². The zero-order chi connectivity index (χ0) is 13.0. The molecule has 0 aromatic heterocycles. The molecule has 0 amide bonds. The second-order valence-electron chi connectivity index (χ2n) is 5.94. The van der Waals surface area contributed by atoms with Crippen LogP contribution in [0.4, 0.5) is 0 Å². The number of rotatable bonds is 3. The van der Waals surface area contributed by atoms with Crippen molar-refractivity contribution in [3.05, 3.63) is 11.6 Å². The lowest BCUT2D eigenvalue weighted by molar-refractivity contribution is 0.274. The van der Waals surface area contributed by atoms with E-state index in [0.29, 0.717) is 0 Å². The van der Waals surface area contributed by atoms with Gasteiger partial charge < -0.3 is 4.43 Å². The molecule has 0 heterocycles.